The summed E-state index contributed by atoms with van der Waals surface area (Å²) in [5, 5.41) is 45.1. The third kappa shape index (κ3) is 4.42. The predicted molar refractivity (Wildman–Crippen MR) is 157 cm³/mol. The second-order valence-electron chi connectivity index (χ2n) is 12.2. The zero-order valence-corrected chi connectivity index (χ0v) is 24.3. The summed E-state index contributed by atoms with van der Waals surface area (Å²) in [4.78, 5) is 40.9. The molecule has 0 radical (unpaired) electrons. The molecule has 1 amide bonds. The van der Waals surface area contributed by atoms with Crippen molar-refractivity contribution in [1.29, 1.82) is 0 Å². The van der Waals surface area contributed by atoms with Gasteiger partial charge in [-0.05, 0) is 73.5 Å². The average molecular weight is 575 g/mol. The number of benzene rings is 2. The van der Waals surface area contributed by atoms with Crippen molar-refractivity contribution in [2.75, 3.05) is 14.1 Å². The molecule has 0 spiro atoms. The number of nitrogens with two attached hydrogens (primary N) is 1. The number of nitrogens with zero attached hydrogens (tertiary/aromatic N) is 1. The molecule has 1 saturated carbocycles. The number of hydrogen-bond donors (Lipinski definition) is 5. The van der Waals surface area contributed by atoms with Crippen molar-refractivity contribution in [3.63, 3.8) is 0 Å². The van der Waals surface area contributed by atoms with Crippen LogP contribution in [0.25, 0.3) is 16.9 Å². The van der Waals surface area contributed by atoms with Gasteiger partial charge in [-0.3, -0.25) is 19.3 Å². The number of carbonyl (C=O) groups excluding carboxylic acids is 3. The Hall–Kier alpha value is -3.95. The lowest BCUT2D eigenvalue weighted by Crippen LogP contribution is -2.65. The molecule has 3 aliphatic carbocycles. The number of carbonyl (C=O) groups is 3. The molecule has 42 heavy (non-hydrogen) atoms. The van der Waals surface area contributed by atoms with Crippen LogP contribution < -0.4 is 5.73 Å². The molecule has 9 heteroatoms. The van der Waals surface area contributed by atoms with Gasteiger partial charge in [0, 0.05) is 11.5 Å². The van der Waals surface area contributed by atoms with E-state index in [0.717, 1.165) is 30.4 Å². The largest absolute Gasteiger partial charge is 0.508 e. The minimum absolute atomic E-state index is 0.0507. The molecule has 0 saturated heterocycles. The van der Waals surface area contributed by atoms with Gasteiger partial charge < -0.3 is 26.2 Å². The number of aromatic hydroxyl groups is 1. The number of primary amides is 1. The fourth-order valence-electron chi connectivity index (χ4n) is 7.33. The Morgan fingerprint density at radius 3 is 2.36 bits per heavy atom. The molecule has 2 aromatic carbocycles. The fourth-order valence-corrected chi connectivity index (χ4v) is 7.33. The Morgan fingerprint density at radius 2 is 1.76 bits per heavy atom. The summed E-state index contributed by atoms with van der Waals surface area (Å²) < 4.78 is 0. The Balaban J connectivity index is 1.62. The maximum atomic E-state index is 14.0. The number of aliphatic hydroxyl groups is 3. The molecule has 0 aromatic heterocycles. The lowest BCUT2D eigenvalue weighted by Gasteiger charge is -2.50. The zero-order valence-electron chi connectivity index (χ0n) is 24.3. The van der Waals surface area contributed by atoms with E-state index < -0.39 is 58.0 Å². The molecule has 1 unspecified atom stereocenters. The number of phenols is 1. The van der Waals surface area contributed by atoms with Crippen LogP contribution in [0.1, 0.15) is 49.8 Å². The molecule has 0 aliphatic heterocycles. The third-order valence-corrected chi connectivity index (χ3v) is 9.23. The van der Waals surface area contributed by atoms with Gasteiger partial charge in [0.05, 0.1) is 11.6 Å². The van der Waals surface area contributed by atoms with Crippen molar-refractivity contribution < 1.29 is 34.8 Å². The first kappa shape index (κ1) is 29.5. The molecule has 2 aromatic rings. The van der Waals surface area contributed by atoms with E-state index in [1.807, 2.05) is 12.1 Å². The highest BCUT2D eigenvalue weighted by atomic mass is 16.3. The van der Waals surface area contributed by atoms with Crippen molar-refractivity contribution in [2.45, 2.75) is 57.6 Å². The molecule has 9 nitrogen and oxygen atoms in total. The van der Waals surface area contributed by atoms with E-state index in [2.05, 4.69) is 26.0 Å². The topological polar surface area (TPSA) is 161 Å². The van der Waals surface area contributed by atoms with Crippen LogP contribution in [0.15, 0.2) is 53.3 Å². The number of Topliss-reactive ketones (excluding diaryl/α,β-unsaturated/α-hetero) is 2. The molecule has 0 heterocycles. The first-order valence-electron chi connectivity index (χ1n) is 14.4. The van der Waals surface area contributed by atoms with E-state index in [1.54, 1.807) is 20.2 Å². The van der Waals surface area contributed by atoms with E-state index in [0.29, 0.717) is 11.5 Å². The quantitative estimate of drug-likeness (QED) is 0.313. The predicted octanol–water partition coefficient (Wildman–Crippen LogP) is 3.61. The first-order chi connectivity index (χ1) is 19.8. The molecule has 5 rings (SSSR count). The normalized spacial score (nSPS) is 26.2. The molecule has 0 bridgehead atoms. The molecule has 3 aliphatic rings. The van der Waals surface area contributed by atoms with Gasteiger partial charge in [-0.2, -0.15) is 0 Å². The lowest BCUT2D eigenvalue weighted by molar-refractivity contribution is -0.153. The van der Waals surface area contributed by atoms with Gasteiger partial charge in [-0.25, -0.2) is 0 Å². The van der Waals surface area contributed by atoms with E-state index in [1.165, 1.54) is 16.5 Å². The van der Waals surface area contributed by atoms with Gasteiger partial charge in [-0.1, -0.05) is 57.0 Å². The molecule has 6 N–H and O–H groups in total. The maximum absolute atomic E-state index is 14.0. The van der Waals surface area contributed by atoms with E-state index in [4.69, 9.17) is 5.73 Å². The van der Waals surface area contributed by atoms with Gasteiger partial charge >= 0.3 is 0 Å². The van der Waals surface area contributed by atoms with Crippen LogP contribution in [0.2, 0.25) is 0 Å². The number of ketones is 2. The van der Waals surface area contributed by atoms with Crippen LogP contribution in [0.4, 0.5) is 0 Å². The zero-order chi connectivity index (χ0) is 30.7. The van der Waals surface area contributed by atoms with Crippen LogP contribution in [0.5, 0.6) is 5.75 Å². The Morgan fingerprint density at radius 1 is 1.10 bits per heavy atom. The summed E-state index contributed by atoms with van der Waals surface area (Å²) in [5.41, 5.74) is 5.38. The van der Waals surface area contributed by atoms with Crippen LogP contribution in [-0.4, -0.2) is 68.5 Å². The van der Waals surface area contributed by atoms with Crippen molar-refractivity contribution in [3.8, 4) is 16.9 Å². The minimum Gasteiger partial charge on any atom is -0.508 e. The Labute approximate surface area is 245 Å². The second-order valence-corrected chi connectivity index (χ2v) is 12.2. The third-order valence-electron chi connectivity index (χ3n) is 9.23. The standard InChI is InChI=1S/C33H38N2O7/c1-5-6-16(2)13-17-7-9-18(10-8-17)20-11-12-23(36)25-21(20)14-19-15-22-27(35(3)4)29(38)26(32(34)41)31(40)33(22,42)30(39)24(19)28(25)37/h7-12,16,19,22,27,36-37,40,42H,5-6,13-15H2,1-4H3,(H2,34,41)/t16?,19-,22-,27-,33-/m0/s1. The minimum atomic E-state index is -2.65. The summed E-state index contributed by atoms with van der Waals surface area (Å²) in [7, 11) is 3.16. The average Bonchev–Trinajstić information content (AvgIpc) is 2.91. The molecular formula is C33H38N2O7. The van der Waals surface area contributed by atoms with Crippen LogP contribution in [-0.2, 0) is 27.2 Å². The monoisotopic (exact) mass is 574 g/mol. The van der Waals surface area contributed by atoms with Gasteiger partial charge in [0.15, 0.2) is 11.4 Å². The summed E-state index contributed by atoms with van der Waals surface area (Å²) in [5.74, 6) is -6.02. The number of amides is 1. The van der Waals surface area contributed by atoms with Gasteiger partial charge in [0.2, 0.25) is 5.78 Å². The van der Waals surface area contributed by atoms with E-state index in [-0.39, 0.29) is 29.7 Å². The van der Waals surface area contributed by atoms with Gasteiger partial charge in [0.1, 0.15) is 22.8 Å². The highest BCUT2D eigenvalue weighted by Gasteiger charge is 2.64. The molecule has 222 valence electrons. The van der Waals surface area contributed by atoms with E-state index in [9.17, 15) is 34.8 Å². The SMILES string of the molecule is CCCC(C)Cc1ccc(-c2ccc(O)c3c2C[C@H]2C[C@H]4[C@H](N(C)C)C(=O)C(C(N)=O)=C(O)[C@@]4(O)C(=O)C2=C3O)cc1. The number of aliphatic hydroxyl groups excluding tert-OH is 2. The number of fused-ring (bicyclic) bond motifs is 3. The van der Waals surface area contributed by atoms with Crippen molar-refractivity contribution >= 4 is 23.2 Å². The summed E-state index contributed by atoms with van der Waals surface area (Å²) in [6.07, 6.45) is 3.54. The van der Waals surface area contributed by atoms with Crippen molar-refractivity contribution in [1.82, 2.24) is 4.90 Å². The summed E-state index contributed by atoms with van der Waals surface area (Å²) in [6.45, 7) is 4.41. The van der Waals surface area contributed by atoms with Crippen LogP contribution in [0.3, 0.4) is 0 Å². The summed E-state index contributed by atoms with van der Waals surface area (Å²) in [6, 6.07) is 10.3. The smallest absolute Gasteiger partial charge is 0.255 e. The number of rotatable bonds is 7. The number of likely N-dealkylation sites (N-methyl/N-ethyl adjacent to an activating group) is 1. The van der Waals surface area contributed by atoms with Crippen LogP contribution in [0, 0.1) is 17.8 Å². The first-order valence-corrected chi connectivity index (χ1v) is 14.4. The second kappa shape index (κ2) is 10.7. The van der Waals surface area contributed by atoms with Gasteiger partial charge in [0.25, 0.3) is 5.91 Å². The lowest BCUT2D eigenvalue weighted by atomic mass is 9.57. The fraction of sp³-hybridized carbons (Fsp3) is 0.424. The molecular weight excluding hydrogens is 536 g/mol. The molecule has 1 fully saturated rings. The van der Waals surface area contributed by atoms with Gasteiger partial charge in [-0.15, -0.1) is 0 Å². The highest BCUT2D eigenvalue weighted by molar-refractivity contribution is 6.24. The van der Waals surface area contributed by atoms with E-state index >= 15 is 0 Å². The Kier molecular flexibility index (Phi) is 7.53. The highest BCUT2D eigenvalue weighted by Crippen LogP contribution is 2.53. The number of phenolic OH excluding ortho intramolecular Hbond substituents is 1. The maximum Gasteiger partial charge on any atom is 0.255 e. The summed E-state index contributed by atoms with van der Waals surface area (Å²) >= 11 is 0. The van der Waals surface area contributed by atoms with Crippen LogP contribution >= 0.6 is 0 Å². The van der Waals surface area contributed by atoms with Crippen molar-refractivity contribution in [2.24, 2.45) is 23.5 Å². The number of hydrogen-bond acceptors (Lipinski definition) is 8. The Bertz CT molecular complexity index is 1540. The van der Waals surface area contributed by atoms with Crippen molar-refractivity contribution in [3.05, 3.63) is 70.0 Å². The molecule has 5 atom stereocenters.